The third-order valence-electron chi connectivity index (χ3n) is 3.61. The fraction of sp³-hybridized carbons (Fsp3) is 0.625. The smallest absolute Gasteiger partial charge is 0.124 e. The van der Waals surface area contributed by atoms with Gasteiger partial charge in [-0.05, 0) is 37.0 Å². The van der Waals surface area contributed by atoms with E-state index in [9.17, 15) is 5.11 Å². The molecule has 0 aliphatic heterocycles. The molecule has 0 aromatic heterocycles. The van der Waals surface area contributed by atoms with E-state index >= 15 is 0 Å². The van der Waals surface area contributed by atoms with Gasteiger partial charge in [-0.25, -0.2) is 0 Å². The van der Waals surface area contributed by atoms with Gasteiger partial charge in [0.2, 0.25) is 0 Å². The molecule has 2 N–H and O–H groups in total. The van der Waals surface area contributed by atoms with Gasteiger partial charge in [-0.2, -0.15) is 0 Å². The van der Waals surface area contributed by atoms with Crippen molar-refractivity contribution in [3.63, 3.8) is 0 Å². The lowest BCUT2D eigenvalue weighted by Crippen LogP contribution is -2.25. The number of rotatable bonds is 10. The Kier molecular flexibility index (Phi) is 6.29. The maximum Gasteiger partial charge on any atom is 0.124 e. The van der Waals surface area contributed by atoms with Crippen LogP contribution in [0.5, 0.6) is 11.5 Å². The number of hydrogen-bond donors (Lipinski definition) is 2. The second-order valence-electron chi connectivity index (χ2n) is 5.35. The lowest BCUT2D eigenvalue weighted by atomic mass is 10.1. The molecule has 21 heavy (non-hydrogen) atoms. The third-order valence-corrected chi connectivity index (χ3v) is 3.61. The normalized spacial score (nSPS) is 15.8. The Morgan fingerprint density at radius 3 is 2.76 bits per heavy atom. The molecule has 1 aliphatic rings. The Morgan fingerprint density at radius 1 is 1.29 bits per heavy atom. The van der Waals surface area contributed by atoms with Gasteiger partial charge in [-0.15, -0.1) is 0 Å². The molecule has 1 fully saturated rings. The van der Waals surface area contributed by atoms with E-state index in [4.69, 9.17) is 14.2 Å². The van der Waals surface area contributed by atoms with E-state index in [1.54, 1.807) is 26.4 Å². The van der Waals surface area contributed by atoms with Crippen LogP contribution in [0.3, 0.4) is 0 Å². The number of aliphatic hydroxyl groups excluding tert-OH is 1. The molecule has 1 aromatic carbocycles. The van der Waals surface area contributed by atoms with Gasteiger partial charge in [0, 0.05) is 25.3 Å². The van der Waals surface area contributed by atoms with Crippen molar-refractivity contribution in [2.75, 3.05) is 40.5 Å². The number of hydrogen-bond acceptors (Lipinski definition) is 5. The Labute approximate surface area is 126 Å². The Bertz CT molecular complexity index is 434. The Morgan fingerprint density at radius 2 is 2.10 bits per heavy atom. The molecule has 0 radical (unpaired) electrons. The van der Waals surface area contributed by atoms with Crippen molar-refractivity contribution in [2.45, 2.75) is 18.9 Å². The highest BCUT2D eigenvalue weighted by Gasteiger charge is 2.20. The molecule has 0 spiro atoms. The molecule has 0 heterocycles. The summed E-state index contributed by atoms with van der Waals surface area (Å²) >= 11 is 0. The van der Waals surface area contributed by atoms with E-state index in [-0.39, 0.29) is 0 Å². The zero-order chi connectivity index (χ0) is 15.1. The molecule has 1 aliphatic carbocycles. The van der Waals surface area contributed by atoms with Crippen LogP contribution in [0, 0.1) is 5.92 Å². The Balaban J connectivity index is 1.74. The first-order valence-corrected chi connectivity index (χ1v) is 7.43. The van der Waals surface area contributed by atoms with Crippen LogP contribution < -0.4 is 14.8 Å². The summed E-state index contributed by atoms with van der Waals surface area (Å²) in [5, 5.41) is 13.5. The fourth-order valence-electron chi connectivity index (χ4n) is 2.13. The molecule has 0 amide bonds. The molecular formula is C16H25NO4. The van der Waals surface area contributed by atoms with E-state index in [1.807, 2.05) is 6.07 Å². The van der Waals surface area contributed by atoms with Crippen LogP contribution in [-0.4, -0.2) is 45.6 Å². The fourth-order valence-corrected chi connectivity index (χ4v) is 2.13. The molecule has 0 bridgehead atoms. The summed E-state index contributed by atoms with van der Waals surface area (Å²) in [5.41, 5.74) is 0.725. The van der Waals surface area contributed by atoms with Crippen LogP contribution in [0.15, 0.2) is 18.2 Å². The van der Waals surface area contributed by atoms with Gasteiger partial charge in [0.15, 0.2) is 0 Å². The Hall–Kier alpha value is -1.30. The molecule has 1 saturated carbocycles. The first kappa shape index (κ1) is 16.1. The standard InChI is InChI=1S/C16H25NO4/c1-19-13-5-6-16(20-2)14(9-13)15(18)10-17-7-8-21-11-12-3-4-12/h5-6,9,12,15,17-18H,3-4,7-8,10-11H2,1-2H3. The lowest BCUT2D eigenvalue weighted by molar-refractivity contribution is 0.119. The highest BCUT2D eigenvalue weighted by molar-refractivity contribution is 5.41. The summed E-state index contributed by atoms with van der Waals surface area (Å²) in [6.45, 7) is 2.73. The largest absolute Gasteiger partial charge is 0.497 e. The highest BCUT2D eigenvalue weighted by Crippen LogP contribution is 2.29. The average Bonchev–Trinajstić information content (AvgIpc) is 3.34. The van der Waals surface area contributed by atoms with E-state index in [2.05, 4.69) is 5.32 Å². The van der Waals surface area contributed by atoms with Crippen molar-refractivity contribution < 1.29 is 19.3 Å². The summed E-state index contributed by atoms with van der Waals surface area (Å²) in [6.07, 6.45) is 1.97. The minimum absolute atomic E-state index is 0.455. The van der Waals surface area contributed by atoms with Crippen molar-refractivity contribution in [1.82, 2.24) is 5.32 Å². The van der Waals surface area contributed by atoms with Gasteiger partial charge in [-0.1, -0.05) is 0 Å². The van der Waals surface area contributed by atoms with Crippen LogP contribution >= 0.6 is 0 Å². The monoisotopic (exact) mass is 295 g/mol. The van der Waals surface area contributed by atoms with Gasteiger partial charge in [-0.3, -0.25) is 0 Å². The van der Waals surface area contributed by atoms with E-state index in [0.29, 0.717) is 24.7 Å². The first-order chi connectivity index (χ1) is 10.2. The maximum absolute atomic E-state index is 10.3. The first-order valence-electron chi connectivity index (χ1n) is 7.43. The number of benzene rings is 1. The van der Waals surface area contributed by atoms with Crippen LogP contribution in [0.1, 0.15) is 24.5 Å². The van der Waals surface area contributed by atoms with E-state index in [0.717, 1.165) is 24.6 Å². The lowest BCUT2D eigenvalue weighted by Gasteiger charge is -2.16. The van der Waals surface area contributed by atoms with Crippen molar-refractivity contribution >= 4 is 0 Å². The van der Waals surface area contributed by atoms with Gasteiger partial charge >= 0.3 is 0 Å². The summed E-state index contributed by atoms with van der Waals surface area (Å²) in [6, 6.07) is 5.42. The SMILES string of the molecule is COc1ccc(OC)c(C(O)CNCCOCC2CC2)c1. The quantitative estimate of drug-likeness (QED) is 0.644. The molecule has 1 aromatic rings. The molecular weight excluding hydrogens is 270 g/mol. The molecule has 1 unspecified atom stereocenters. The predicted molar refractivity (Wildman–Crippen MR) is 80.9 cm³/mol. The van der Waals surface area contributed by atoms with Gasteiger partial charge in [0.1, 0.15) is 11.5 Å². The summed E-state index contributed by atoms with van der Waals surface area (Å²) in [4.78, 5) is 0. The van der Waals surface area contributed by atoms with Gasteiger partial charge < -0.3 is 24.6 Å². The molecule has 5 heteroatoms. The van der Waals surface area contributed by atoms with E-state index in [1.165, 1.54) is 12.8 Å². The zero-order valence-electron chi connectivity index (χ0n) is 12.8. The van der Waals surface area contributed by atoms with Crippen molar-refractivity contribution in [3.05, 3.63) is 23.8 Å². The van der Waals surface area contributed by atoms with E-state index < -0.39 is 6.10 Å². The number of methoxy groups -OCH3 is 2. The summed E-state index contributed by atoms with van der Waals surface area (Å²) in [5.74, 6) is 2.16. The molecule has 5 nitrogen and oxygen atoms in total. The average molecular weight is 295 g/mol. The van der Waals surface area contributed by atoms with Crippen molar-refractivity contribution in [3.8, 4) is 11.5 Å². The predicted octanol–water partition coefficient (Wildman–Crippen LogP) is 1.75. The number of nitrogens with one attached hydrogen (secondary N) is 1. The highest BCUT2D eigenvalue weighted by atomic mass is 16.5. The molecule has 2 rings (SSSR count). The number of ether oxygens (including phenoxy) is 3. The minimum Gasteiger partial charge on any atom is -0.497 e. The number of aliphatic hydroxyl groups is 1. The minimum atomic E-state index is -0.640. The van der Waals surface area contributed by atoms with Gasteiger partial charge in [0.25, 0.3) is 0 Å². The molecule has 118 valence electrons. The van der Waals surface area contributed by atoms with Gasteiger partial charge in [0.05, 0.1) is 26.9 Å². The van der Waals surface area contributed by atoms with Crippen LogP contribution in [-0.2, 0) is 4.74 Å². The molecule has 0 saturated heterocycles. The summed E-state index contributed by atoms with van der Waals surface area (Å²) in [7, 11) is 3.20. The van der Waals surface area contributed by atoms with Crippen LogP contribution in [0.2, 0.25) is 0 Å². The van der Waals surface area contributed by atoms with Crippen LogP contribution in [0.25, 0.3) is 0 Å². The third kappa shape index (κ3) is 5.19. The van der Waals surface area contributed by atoms with Crippen LogP contribution in [0.4, 0.5) is 0 Å². The zero-order valence-corrected chi connectivity index (χ0v) is 12.8. The summed E-state index contributed by atoms with van der Waals surface area (Å²) < 4.78 is 16.0. The molecule has 1 atom stereocenters. The topological polar surface area (TPSA) is 60.0 Å². The van der Waals surface area contributed by atoms with Crippen molar-refractivity contribution in [2.24, 2.45) is 5.92 Å². The maximum atomic E-state index is 10.3. The van der Waals surface area contributed by atoms with Crippen molar-refractivity contribution in [1.29, 1.82) is 0 Å². The second kappa shape index (κ2) is 8.22. The second-order valence-corrected chi connectivity index (χ2v) is 5.35.